The van der Waals surface area contributed by atoms with Crippen molar-refractivity contribution in [3.8, 4) is 11.5 Å². The largest absolute Gasteiger partial charge is 0.507 e. The van der Waals surface area contributed by atoms with Crippen LogP contribution in [-0.2, 0) is 0 Å². The molecule has 0 unspecified atom stereocenters. The van der Waals surface area contributed by atoms with Crippen molar-refractivity contribution in [1.82, 2.24) is 0 Å². The number of rotatable bonds is 4. The summed E-state index contributed by atoms with van der Waals surface area (Å²) in [5, 5.41) is 9.76. The van der Waals surface area contributed by atoms with E-state index >= 15 is 0 Å². The van der Waals surface area contributed by atoms with Gasteiger partial charge in [0.05, 0.1) is 11.6 Å². The van der Waals surface area contributed by atoms with E-state index in [1.807, 2.05) is 26.0 Å². The summed E-state index contributed by atoms with van der Waals surface area (Å²) < 4.78 is 5.89. The molecule has 0 aliphatic rings. The smallest absolute Gasteiger partial charge is 0.185 e. The summed E-state index contributed by atoms with van der Waals surface area (Å²) >= 11 is 3.37. The van der Waals surface area contributed by atoms with E-state index in [0.717, 1.165) is 21.2 Å². The number of ketones is 1. The molecule has 0 fully saturated rings. The zero-order chi connectivity index (χ0) is 16.3. The predicted molar refractivity (Wildman–Crippen MR) is 91.6 cm³/mol. The summed E-state index contributed by atoms with van der Waals surface area (Å²) in [5.41, 5.74) is 3.04. The van der Waals surface area contributed by atoms with E-state index in [0.29, 0.717) is 17.1 Å². The van der Waals surface area contributed by atoms with Crippen LogP contribution in [0, 0.1) is 13.8 Å². The van der Waals surface area contributed by atoms with E-state index in [9.17, 15) is 9.90 Å². The molecule has 0 aliphatic heterocycles. The molecule has 0 saturated heterocycles. The van der Waals surface area contributed by atoms with E-state index in [-0.39, 0.29) is 5.78 Å². The Bertz CT molecular complexity index is 725. The zero-order valence-electron chi connectivity index (χ0n) is 12.7. The van der Waals surface area contributed by atoms with Gasteiger partial charge in [-0.05, 0) is 82.9 Å². The molecular formula is C18H17BrO3. The number of halogens is 1. The highest BCUT2D eigenvalue weighted by molar-refractivity contribution is 9.10. The van der Waals surface area contributed by atoms with E-state index in [1.54, 1.807) is 31.4 Å². The SMILES string of the molecule is COc1ccc(C(=O)/C=C/c2cc(C)c(O)c(C)c2)cc1Br. The van der Waals surface area contributed by atoms with Gasteiger partial charge in [-0.15, -0.1) is 0 Å². The number of phenols is 1. The zero-order valence-corrected chi connectivity index (χ0v) is 14.3. The molecule has 0 saturated carbocycles. The van der Waals surface area contributed by atoms with Crippen LogP contribution in [-0.4, -0.2) is 18.0 Å². The second-order valence-corrected chi connectivity index (χ2v) is 5.90. The van der Waals surface area contributed by atoms with Gasteiger partial charge in [-0.1, -0.05) is 6.08 Å². The fraction of sp³-hybridized carbons (Fsp3) is 0.167. The molecule has 0 aromatic heterocycles. The van der Waals surface area contributed by atoms with Gasteiger partial charge in [0.15, 0.2) is 5.78 Å². The number of methoxy groups -OCH3 is 1. The third kappa shape index (κ3) is 3.57. The Morgan fingerprint density at radius 3 is 2.36 bits per heavy atom. The lowest BCUT2D eigenvalue weighted by Gasteiger charge is -2.05. The summed E-state index contributed by atoms with van der Waals surface area (Å²) in [4.78, 5) is 12.2. The van der Waals surface area contributed by atoms with Crippen LogP contribution in [0.1, 0.15) is 27.0 Å². The number of carbonyl (C=O) groups is 1. The average Bonchev–Trinajstić information content (AvgIpc) is 2.49. The van der Waals surface area contributed by atoms with E-state index < -0.39 is 0 Å². The molecule has 0 radical (unpaired) electrons. The molecule has 114 valence electrons. The van der Waals surface area contributed by atoms with Crippen LogP contribution in [0.3, 0.4) is 0 Å². The number of phenolic OH excluding ortho intramolecular Hbond substituents is 1. The highest BCUT2D eigenvalue weighted by Crippen LogP contribution is 2.26. The topological polar surface area (TPSA) is 46.5 Å². The maximum atomic E-state index is 12.2. The van der Waals surface area contributed by atoms with E-state index in [1.165, 1.54) is 6.08 Å². The molecular weight excluding hydrogens is 344 g/mol. The summed E-state index contributed by atoms with van der Waals surface area (Å²) in [6, 6.07) is 8.90. The summed E-state index contributed by atoms with van der Waals surface area (Å²) in [6.45, 7) is 3.67. The van der Waals surface area contributed by atoms with E-state index in [2.05, 4.69) is 15.9 Å². The van der Waals surface area contributed by atoms with Gasteiger partial charge in [-0.25, -0.2) is 0 Å². The summed E-state index contributed by atoms with van der Waals surface area (Å²) in [6.07, 6.45) is 3.28. The molecule has 0 aliphatic carbocycles. The van der Waals surface area contributed by atoms with Crippen molar-refractivity contribution in [2.75, 3.05) is 7.11 Å². The van der Waals surface area contributed by atoms with Crippen LogP contribution in [0.25, 0.3) is 6.08 Å². The number of hydrogen-bond donors (Lipinski definition) is 1. The minimum Gasteiger partial charge on any atom is -0.507 e. The number of allylic oxidation sites excluding steroid dienone is 1. The first-order valence-corrected chi connectivity index (χ1v) is 7.58. The second kappa shape index (κ2) is 6.79. The first-order chi connectivity index (χ1) is 10.4. The molecule has 2 aromatic carbocycles. The van der Waals surface area contributed by atoms with Gasteiger partial charge in [-0.3, -0.25) is 4.79 Å². The lowest BCUT2D eigenvalue weighted by atomic mass is 10.0. The molecule has 22 heavy (non-hydrogen) atoms. The Morgan fingerprint density at radius 2 is 1.82 bits per heavy atom. The minimum atomic E-state index is -0.0910. The van der Waals surface area contributed by atoms with Crippen LogP contribution in [0.5, 0.6) is 11.5 Å². The lowest BCUT2D eigenvalue weighted by molar-refractivity contribution is 0.104. The van der Waals surface area contributed by atoms with Gasteiger partial charge in [0.2, 0.25) is 0 Å². The summed E-state index contributed by atoms with van der Waals surface area (Å²) in [5.74, 6) is 0.889. The van der Waals surface area contributed by atoms with Crippen LogP contribution in [0.2, 0.25) is 0 Å². The molecule has 1 N–H and O–H groups in total. The number of carbonyl (C=O) groups excluding carboxylic acids is 1. The minimum absolute atomic E-state index is 0.0910. The number of hydrogen-bond acceptors (Lipinski definition) is 3. The standard InChI is InChI=1S/C18H17BrO3/c1-11-8-13(9-12(2)18(11)21)4-6-16(20)14-5-7-17(22-3)15(19)10-14/h4-10,21H,1-3H3/b6-4+. The van der Waals surface area contributed by atoms with Crippen LogP contribution in [0.4, 0.5) is 0 Å². The normalized spacial score (nSPS) is 10.9. The Hall–Kier alpha value is -2.07. The number of aryl methyl sites for hydroxylation is 2. The molecule has 0 bridgehead atoms. The van der Waals surface area contributed by atoms with Crippen molar-refractivity contribution in [3.63, 3.8) is 0 Å². The maximum Gasteiger partial charge on any atom is 0.185 e. The van der Waals surface area contributed by atoms with Crippen LogP contribution >= 0.6 is 15.9 Å². The molecule has 3 nitrogen and oxygen atoms in total. The highest BCUT2D eigenvalue weighted by atomic mass is 79.9. The van der Waals surface area contributed by atoms with Crippen molar-refractivity contribution >= 4 is 27.8 Å². The average molecular weight is 361 g/mol. The molecule has 0 atom stereocenters. The van der Waals surface area contributed by atoms with Gasteiger partial charge < -0.3 is 9.84 Å². The Balaban J connectivity index is 2.23. The number of ether oxygens (including phenoxy) is 1. The Morgan fingerprint density at radius 1 is 1.18 bits per heavy atom. The lowest BCUT2D eigenvalue weighted by Crippen LogP contribution is -1.95. The number of benzene rings is 2. The van der Waals surface area contributed by atoms with Crippen molar-refractivity contribution in [2.24, 2.45) is 0 Å². The Labute approximate surface area is 138 Å². The van der Waals surface area contributed by atoms with Crippen LogP contribution < -0.4 is 4.74 Å². The molecule has 0 heterocycles. The van der Waals surface area contributed by atoms with Gasteiger partial charge in [0.25, 0.3) is 0 Å². The molecule has 2 rings (SSSR count). The summed E-state index contributed by atoms with van der Waals surface area (Å²) in [7, 11) is 1.58. The van der Waals surface area contributed by atoms with Crippen molar-refractivity contribution in [2.45, 2.75) is 13.8 Å². The van der Waals surface area contributed by atoms with E-state index in [4.69, 9.17) is 4.74 Å². The van der Waals surface area contributed by atoms with Crippen molar-refractivity contribution < 1.29 is 14.6 Å². The quantitative estimate of drug-likeness (QED) is 0.636. The van der Waals surface area contributed by atoms with Gasteiger partial charge in [0, 0.05) is 5.56 Å². The predicted octanol–water partition coefficient (Wildman–Crippen LogP) is 4.68. The molecule has 2 aromatic rings. The van der Waals surface area contributed by atoms with Gasteiger partial charge in [0.1, 0.15) is 11.5 Å². The number of aromatic hydroxyl groups is 1. The van der Waals surface area contributed by atoms with Gasteiger partial charge in [-0.2, -0.15) is 0 Å². The van der Waals surface area contributed by atoms with Gasteiger partial charge >= 0.3 is 0 Å². The third-order valence-corrected chi connectivity index (χ3v) is 4.00. The Kier molecular flexibility index (Phi) is 5.03. The second-order valence-electron chi connectivity index (χ2n) is 5.05. The maximum absolute atomic E-state index is 12.2. The molecule has 4 heteroatoms. The van der Waals surface area contributed by atoms with Crippen molar-refractivity contribution in [3.05, 3.63) is 63.1 Å². The fourth-order valence-electron chi connectivity index (χ4n) is 2.17. The first kappa shape index (κ1) is 16.3. The third-order valence-electron chi connectivity index (χ3n) is 3.38. The first-order valence-electron chi connectivity index (χ1n) is 6.78. The molecule has 0 amide bonds. The van der Waals surface area contributed by atoms with Crippen LogP contribution in [0.15, 0.2) is 40.9 Å². The molecule has 0 spiro atoms. The van der Waals surface area contributed by atoms with Crippen molar-refractivity contribution in [1.29, 1.82) is 0 Å². The highest BCUT2D eigenvalue weighted by Gasteiger charge is 2.07. The fourth-order valence-corrected chi connectivity index (χ4v) is 2.71. The monoisotopic (exact) mass is 360 g/mol.